The number of aromatic nitrogens is 1. The van der Waals surface area contributed by atoms with Crippen LogP contribution in [0.15, 0.2) is 36.0 Å². The third kappa shape index (κ3) is 2.26. The molecule has 1 aromatic heterocycles. The second kappa shape index (κ2) is 5.56. The molecular weight excluding hydrogens is 316 g/mol. The summed E-state index contributed by atoms with van der Waals surface area (Å²) in [4.78, 5) is 28.4. The molecule has 0 saturated heterocycles. The van der Waals surface area contributed by atoms with Crippen LogP contribution in [0.2, 0.25) is 0 Å². The van der Waals surface area contributed by atoms with Crippen molar-refractivity contribution in [2.45, 2.75) is 19.4 Å². The molecule has 1 aliphatic carbocycles. The molecule has 3 atom stereocenters. The predicted octanol–water partition coefficient (Wildman–Crippen LogP) is 2.39. The summed E-state index contributed by atoms with van der Waals surface area (Å²) in [5, 5.41) is 11.0. The van der Waals surface area contributed by atoms with Gasteiger partial charge in [-0.25, -0.2) is 0 Å². The number of allylic oxidation sites excluding steroid dienone is 1. The average Bonchev–Trinajstić information content (AvgIpc) is 2.82. The molecule has 25 heavy (non-hydrogen) atoms. The molecule has 2 aromatic rings. The Balaban J connectivity index is 1.97. The minimum atomic E-state index is -0.574. The van der Waals surface area contributed by atoms with Gasteiger partial charge in [0, 0.05) is 61.6 Å². The van der Waals surface area contributed by atoms with Crippen molar-refractivity contribution in [2.75, 3.05) is 13.6 Å². The highest BCUT2D eigenvalue weighted by Gasteiger charge is 2.42. The van der Waals surface area contributed by atoms with Crippen LogP contribution in [0.1, 0.15) is 34.2 Å². The number of hydrogen-bond donors (Lipinski definition) is 1. The molecule has 1 N–H and O–H groups in total. The maximum atomic E-state index is 13.4. The number of nitrogens with zero attached hydrogens (tertiary/aromatic N) is 2. The van der Waals surface area contributed by atoms with Crippen LogP contribution in [0.4, 0.5) is 0 Å². The van der Waals surface area contributed by atoms with Gasteiger partial charge in [-0.2, -0.15) is 0 Å². The Bertz CT molecular complexity index is 922. The Kier molecular flexibility index (Phi) is 3.58. The number of fused-ring (bicyclic) bond motifs is 4. The van der Waals surface area contributed by atoms with Gasteiger partial charge in [0.25, 0.3) is 0 Å². The first-order valence-corrected chi connectivity index (χ1v) is 8.65. The Morgan fingerprint density at radius 3 is 2.64 bits per heavy atom. The lowest BCUT2D eigenvalue weighted by molar-refractivity contribution is 0.0634. The summed E-state index contributed by atoms with van der Waals surface area (Å²) in [6.45, 7) is 2.38. The lowest BCUT2D eigenvalue weighted by atomic mass is 9.77. The SMILES string of the molecule is CC(O)[C@H]1CN(C)C=C2C(=O)c3c(n(C)c4ccccc34)C(=O)C[C@H]21. The molecule has 5 heteroatoms. The number of aliphatic hydroxyl groups is 1. The fourth-order valence-corrected chi connectivity index (χ4v) is 4.44. The van der Waals surface area contributed by atoms with E-state index in [1.165, 1.54) is 0 Å². The van der Waals surface area contributed by atoms with Crippen LogP contribution < -0.4 is 0 Å². The zero-order valence-corrected chi connectivity index (χ0v) is 14.7. The number of aliphatic hydroxyl groups excluding tert-OH is 1. The molecular formula is C20H22N2O3. The smallest absolute Gasteiger partial charge is 0.193 e. The highest BCUT2D eigenvalue weighted by molar-refractivity contribution is 6.24. The fourth-order valence-electron chi connectivity index (χ4n) is 4.44. The molecule has 0 bridgehead atoms. The number of hydrogen-bond acceptors (Lipinski definition) is 4. The van der Waals surface area contributed by atoms with Crippen LogP contribution >= 0.6 is 0 Å². The Hall–Kier alpha value is -2.40. The van der Waals surface area contributed by atoms with Crippen molar-refractivity contribution in [3.8, 4) is 0 Å². The van der Waals surface area contributed by atoms with Crippen LogP contribution in [-0.4, -0.2) is 45.8 Å². The Morgan fingerprint density at radius 1 is 1.20 bits per heavy atom. The number of carbonyl (C=O) groups is 2. The number of rotatable bonds is 1. The molecule has 5 nitrogen and oxygen atoms in total. The molecule has 2 heterocycles. The Labute approximate surface area is 146 Å². The summed E-state index contributed by atoms with van der Waals surface area (Å²) in [5.41, 5.74) is 2.54. The largest absolute Gasteiger partial charge is 0.393 e. The molecule has 4 rings (SSSR count). The van der Waals surface area contributed by atoms with Crippen molar-refractivity contribution in [1.82, 2.24) is 9.47 Å². The van der Waals surface area contributed by atoms with Crippen molar-refractivity contribution in [3.63, 3.8) is 0 Å². The average molecular weight is 338 g/mol. The maximum Gasteiger partial charge on any atom is 0.193 e. The van der Waals surface area contributed by atoms with Gasteiger partial charge < -0.3 is 14.6 Å². The molecule has 2 aliphatic rings. The van der Waals surface area contributed by atoms with E-state index in [0.29, 0.717) is 23.4 Å². The van der Waals surface area contributed by atoms with Crippen molar-refractivity contribution < 1.29 is 14.7 Å². The molecule has 1 aromatic carbocycles. The summed E-state index contributed by atoms with van der Waals surface area (Å²) in [5.74, 6) is -0.466. The van der Waals surface area contributed by atoms with E-state index in [-0.39, 0.29) is 29.8 Å². The first kappa shape index (κ1) is 16.1. The fraction of sp³-hybridized carbons (Fsp3) is 0.400. The van der Waals surface area contributed by atoms with Gasteiger partial charge >= 0.3 is 0 Å². The van der Waals surface area contributed by atoms with Gasteiger partial charge in [-0.15, -0.1) is 0 Å². The zero-order valence-electron chi connectivity index (χ0n) is 14.7. The van der Waals surface area contributed by atoms with Gasteiger partial charge in [0.1, 0.15) is 0 Å². The summed E-state index contributed by atoms with van der Waals surface area (Å²) in [6.07, 6.45) is 1.54. The quantitative estimate of drug-likeness (QED) is 0.867. The third-order valence-electron chi connectivity index (χ3n) is 5.66. The summed E-state index contributed by atoms with van der Waals surface area (Å²) < 4.78 is 1.84. The minimum absolute atomic E-state index is 0.0225. The van der Waals surface area contributed by atoms with E-state index >= 15 is 0 Å². The van der Waals surface area contributed by atoms with Gasteiger partial charge in [0.15, 0.2) is 11.6 Å². The van der Waals surface area contributed by atoms with Crippen molar-refractivity contribution >= 4 is 22.5 Å². The molecule has 0 radical (unpaired) electrons. The number of ketones is 2. The van der Waals surface area contributed by atoms with E-state index in [1.54, 1.807) is 6.92 Å². The van der Waals surface area contributed by atoms with Crippen LogP contribution in [0, 0.1) is 11.8 Å². The normalized spacial score (nSPS) is 24.6. The number of Topliss-reactive ketones (excluding diaryl/α,β-unsaturated/α-hetero) is 2. The van der Waals surface area contributed by atoms with E-state index in [9.17, 15) is 14.7 Å². The minimum Gasteiger partial charge on any atom is -0.393 e. The van der Waals surface area contributed by atoms with E-state index < -0.39 is 6.10 Å². The lowest BCUT2D eigenvalue weighted by Crippen LogP contribution is -2.41. The second-order valence-corrected chi connectivity index (χ2v) is 7.29. The zero-order chi connectivity index (χ0) is 17.9. The van der Waals surface area contributed by atoms with Crippen molar-refractivity contribution in [3.05, 3.63) is 47.3 Å². The molecule has 0 amide bonds. The molecule has 0 spiro atoms. The number of aryl methyl sites for hydroxylation is 1. The van der Waals surface area contributed by atoms with Gasteiger partial charge in [-0.1, -0.05) is 18.2 Å². The molecule has 130 valence electrons. The summed E-state index contributed by atoms with van der Waals surface area (Å²) in [6, 6.07) is 7.64. The number of para-hydroxylation sites is 1. The first-order chi connectivity index (χ1) is 11.9. The highest BCUT2D eigenvalue weighted by Crippen LogP contribution is 2.40. The summed E-state index contributed by atoms with van der Waals surface area (Å²) >= 11 is 0. The van der Waals surface area contributed by atoms with E-state index in [1.807, 2.05) is 54.0 Å². The number of carbonyl (C=O) groups excluding carboxylic acids is 2. The Morgan fingerprint density at radius 2 is 1.92 bits per heavy atom. The summed E-state index contributed by atoms with van der Waals surface area (Å²) in [7, 11) is 3.75. The second-order valence-electron chi connectivity index (χ2n) is 7.29. The van der Waals surface area contributed by atoms with Crippen molar-refractivity contribution in [2.24, 2.45) is 18.9 Å². The monoisotopic (exact) mass is 338 g/mol. The standard InChI is InChI=1S/C20H22N2O3/c1-11(23)14-9-21(2)10-15-13(14)8-17(24)19-18(20(15)25)12-6-4-5-7-16(12)22(19)3/h4-7,10-11,13-14,23H,8-9H2,1-3H3/t11?,13-,14+/m0/s1. The lowest BCUT2D eigenvalue weighted by Gasteiger charge is -2.37. The van der Waals surface area contributed by atoms with Crippen LogP contribution in [0.3, 0.4) is 0 Å². The van der Waals surface area contributed by atoms with Crippen LogP contribution in [-0.2, 0) is 7.05 Å². The van der Waals surface area contributed by atoms with Gasteiger partial charge in [0.2, 0.25) is 0 Å². The third-order valence-corrected chi connectivity index (χ3v) is 5.66. The van der Waals surface area contributed by atoms with Crippen LogP contribution in [0.25, 0.3) is 10.9 Å². The van der Waals surface area contributed by atoms with E-state index in [4.69, 9.17) is 0 Å². The predicted molar refractivity (Wildman–Crippen MR) is 95.6 cm³/mol. The van der Waals surface area contributed by atoms with E-state index in [0.717, 1.165) is 10.9 Å². The van der Waals surface area contributed by atoms with Gasteiger partial charge in [-0.05, 0) is 13.0 Å². The van der Waals surface area contributed by atoms with E-state index in [2.05, 4.69) is 0 Å². The molecule has 0 saturated carbocycles. The van der Waals surface area contributed by atoms with Gasteiger partial charge in [-0.3, -0.25) is 9.59 Å². The molecule has 1 aliphatic heterocycles. The highest BCUT2D eigenvalue weighted by atomic mass is 16.3. The molecule has 1 unspecified atom stereocenters. The molecule has 0 fully saturated rings. The van der Waals surface area contributed by atoms with Crippen LogP contribution in [0.5, 0.6) is 0 Å². The van der Waals surface area contributed by atoms with Crippen molar-refractivity contribution in [1.29, 1.82) is 0 Å². The topological polar surface area (TPSA) is 62.5 Å². The maximum absolute atomic E-state index is 13.4. The number of benzene rings is 1. The first-order valence-electron chi connectivity index (χ1n) is 8.65. The van der Waals surface area contributed by atoms with Gasteiger partial charge in [0.05, 0.1) is 17.4 Å².